The first-order chi connectivity index (χ1) is 31.9. The van der Waals surface area contributed by atoms with Gasteiger partial charge in [-0.2, -0.15) is 0 Å². The fourth-order valence-electron chi connectivity index (χ4n) is 8.79. The minimum atomic E-state index is -1.11. The van der Waals surface area contributed by atoms with E-state index in [1.165, 1.54) is 12.1 Å². The van der Waals surface area contributed by atoms with Gasteiger partial charge in [0.1, 0.15) is 11.2 Å². The zero-order valence-corrected chi connectivity index (χ0v) is 34.1. The third-order valence-corrected chi connectivity index (χ3v) is 12.0. The average molecular weight is 879 g/mol. The first-order valence-electron chi connectivity index (χ1n) is 20.5. The molecule has 0 bridgehead atoms. The molecule has 0 radical (unpaired) electrons. The Hall–Kier alpha value is -9.37. The predicted octanol–water partition coefficient (Wildman–Crippen LogP) is 10.3. The van der Waals surface area contributed by atoms with Gasteiger partial charge in [0, 0.05) is 27.3 Å². The highest BCUT2D eigenvalue weighted by Gasteiger charge is 2.28. The zero-order chi connectivity index (χ0) is 45.7. The van der Waals surface area contributed by atoms with Gasteiger partial charge in [-0.3, -0.25) is 0 Å². The van der Waals surface area contributed by atoms with Gasteiger partial charge in [-0.05, 0) is 72.0 Å². The van der Waals surface area contributed by atoms with Crippen molar-refractivity contribution in [3.8, 4) is 108 Å². The van der Waals surface area contributed by atoms with Crippen LogP contribution < -0.4 is 0 Å². The number of fused-ring (bicyclic) bond motifs is 6. The number of furan rings is 1. The van der Waals surface area contributed by atoms with Crippen molar-refractivity contribution in [1.82, 2.24) is 19.5 Å². The predicted molar refractivity (Wildman–Crippen MR) is 246 cm³/mol. The Morgan fingerprint density at radius 1 is 0.439 bits per heavy atom. The Bertz CT molecular complexity index is 3590. The van der Waals surface area contributed by atoms with Crippen molar-refractivity contribution >= 4 is 49.3 Å². The molecule has 324 valence electrons. The molecule has 11 rings (SSSR count). The lowest BCUT2D eigenvalue weighted by Crippen LogP contribution is -2.03. The van der Waals surface area contributed by atoms with Gasteiger partial charge in [0.15, 0.2) is 40.5 Å². The fraction of sp³-hybridized carbons (Fsp3) is 0.0392. The summed E-state index contributed by atoms with van der Waals surface area (Å²) in [7, 11) is 0. The van der Waals surface area contributed by atoms with Crippen molar-refractivity contribution in [2.45, 2.75) is 12.8 Å². The van der Waals surface area contributed by atoms with Crippen molar-refractivity contribution in [2.24, 2.45) is 0 Å². The molecule has 1 aliphatic rings. The summed E-state index contributed by atoms with van der Waals surface area (Å²) < 4.78 is 8.29. The summed E-state index contributed by atoms with van der Waals surface area (Å²) in [5.41, 5.74) is 4.35. The maximum atomic E-state index is 11.0. The van der Waals surface area contributed by atoms with Crippen LogP contribution in [0.5, 0.6) is 57.5 Å². The van der Waals surface area contributed by atoms with E-state index in [0.717, 1.165) is 24.0 Å². The molecule has 3 heterocycles. The topological polar surface area (TPSA) is 259 Å². The number of phenols is 10. The SMILES string of the molecule is Oc1c(O)c(O)c(-c2ccc3c4ccc(-c5c(O)c(O)c(O)c(O)c5O)cc4n(-c4cccc5oc6ccc(-c7nc(C8=CC=CCC8)nc(-c8ccccc8)n7)cc6c45)c3c2)c(O)c1O. The molecule has 7 aromatic carbocycles. The van der Waals surface area contributed by atoms with Gasteiger partial charge in [-0.25, -0.2) is 15.0 Å². The number of hydrogen-bond donors (Lipinski definition) is 10. The van der Waals surface area contributed by atoms with Crippen LogP contribution >= 0.6 is 0 Å². The Kier molecular flexibility index (Phi) is 8.73. The molecule has 0 spiro atoms. The molecule has 10 N–H and O–H groups in total. The Morgan fingerprint density at radius 3 is 1.53 bits per heavy atom. The molecule has 15 nitrogen and oxygen atoms in total. The largest absolute Gasteiger partial charge is 0.504 e. The summed E-state index contributed by atoms with van der Waals surface area (Å²) in [4.78, 5) is 14.8. The lowest BCUT2D eigenvalue weighted by molar-refractivity contribution is 0.330. The summed E-state index contributed by atoms with van der Waals surface area (Å²) in [6.07, 6.45) is 7.69. The van der Waals surface area contributed by atoms with Crippen LogP contribution in [0.15, 0.2) is 126 Å². The molecular formula is C51H34N4O11. The van der Waals surface area contributed by atoms with Gasteiger partial charge in [0.2, 0.25) is 34.5 Å². The Labute approximate surface area is 371 Å². The van der Waals surface area contributed by atoms with Crippen LogP contribution in [0.2, 0.25) is 0 Å². The number of nitrogens with zero attached hydrogens (tertiary/aromatic N) is 4. The van der Waals surface area contributed by atoms with Crippen LogP contribution in [-0.4, -0.2) is 70.6 Å². The summed E-state index contributed by atoms with van der Waals surface area (Å²) >= 11 is 0. The highest BCUT2D eigenvalue weighted by molar-refractivity contribution is 6.16. The number of hydrogen-bond acceptors (Lipinski definition) is 14. The maximum Gasteiger partial charge on any atom is 0.208 e. The van der Waals surface area contributed by atoms with E-state index in [1.807, 2.05) is 71.3 Å². The van der Waals surface area contributed by atoms with Crippen LogP contribution in [0, 0.1) is 0 Å². The second-order valence-electron chi connectivity index (χ2n) is 15.8. The number of aromatic hydroxyl groups is 10. The molecular weight excluding hydrogens is 845 g/mol. The van der Waals surface area contributed by atoms with E-state index in [0.29, 0.717) is 72.5 Å². The average Bonchev–Trinajstić information content (AvgIpc) is 3.89. The summed E-state index contributed by atoms with van der Waals surface area (Å²) in [6.45, 7) is 0. The standard InChI is InChI=1S/C51H34N4O11/c56-39-36(40(57)44(61)47(64)43(39)60)25-14-17-28-29-18-15-26(37-41(58)45(62)48(65)46(63)42(37)59)22-33(29)55(32(28)21-25)31-12-7-13-35-38(31)30-20-27(16-19-34(30)66-35)51-53-49(23-8-3-1-4-9-23)52-50(54-51)24-10-5-2-6-11-24/h1-5,7-10,12-22,56-65H,6,11H2. The minimum absolute atomic E-state index is 0.117. The molecule has 0 atom stereocenters. The molecule has 1 aliphatic carbocycles. The molecule has 66 heavy (non-hydrogen) atoms. The van der Waals surface area contributed by atoms with Gasteiger partial charge >= 0.3 is 0 Å². The van der Waals surface area contributed by atoms with Crippen molar-refractivity contribution in [3.05, 3.63) is 127 Å². The third-order valence-electron chi connectivity index (χ3n) is 12.0. The van der Waals surface area contributed by atoms with E-state index < -0.39 is 57.5 Å². The molecule has 0 aliphatic heterocycles. The van der Waals surface area contributed by atoms with Gasteiger partial charge in [0.25, 0.3) is 0 Å². The van der Waals surface area contributed by atoms with Crippen molar-refractivity contribution in [1.29, 1.82) is 0 Å². The molecule has 0 saturated heterocycles. The summed E-state index contributed by atoms with van der Waals surface area (Å²) in [5.74, 6) is -8.53. The Balaban J connectivity index is 1.20. The first kappa shape index (κ1) is 39.5. The number of phenolic OH excluding ortho intramolecular Hbond substituents is 10. The van der Waals surface area contributed by atoms with Gasteiger partial charge in [-0.15, -0.1) is 0 Å². The quantitative estimate of drug-likeness (QED) is 0.0551. The van der Waals surface area contributed by atoms with Crippen LogP contribution in [0.25, 0.3) is 100 Å². The second kappa shape index (κ2) is 14.6. The van der Waals surface area contributed by atoms with Crippen LogP contribution in [-0.2, 0) is 0 Å². The molecule has 0 saturated carbocycles. The zero-order valence-electron chi connectivity index (χ0n) is 34.1. The number of aromatic nitrogens is 4. The van der Waals surface area contributed by atoms with Crippen LogP contribution in [0.1, 0.15) is 18.7 Å². The molecule has 10 aromatic rings. The van der Waals surface area contributed by atoms with Crippen molar-refractivity contribution in [3.63, 3.8) is 0 Å². The Morgan fingerprint density at radius 2 is 0.970 bits per heavy atom. The van der Waals surface area contributed by atoms with E-state index in [4.69, 9.17) is 19.4 Å². The van der Waals surface area contributed by atoms with Crippen LogP contribution in [0.4, 0.5) is 0 Å². The smallest absolute Gasteiger partial charge is 0.208 e. The number of rotatable bonds is 6. The van der Waals surface area contributed by atoms with E-state index in [1.54, 1.807) is 36.4 Å². The second-order valence-corrected chi connectivity index (χ2v) is 15.8. The maximum absolute atomic E-state index is 11.0. The highest BCUT2D eigenvalue weighted by Crippen LogP contribution is 2.57. The van der Waals surface area contributed by atoms with Crippen molar-refractivity contribution in [2.75, 3.05) is 0 Å². The fourth-order valence-corrected chi connectivity index (χ4v) is 8.79. The van der Waals surface area contributed by atoms with E-state index in [2.05, 4.69) is 6.08 Å². The number of benzene rings is 7. The van der Waals surface area contributed by atoms with E-state index >= 15 is 0 Å². The summed E-state index contributed by atoms with van der Waals surface area (Å²) in [6, 6.07) is 30.3. The number of allylic oxidation sites excluding steroid dienone is 4. The van der Waals surface area contributed by atoms with E-state index in [9.17, 15) is 51.1 Å². The summed E-state index contributed by atoms with van der Waals surface area (Å²) in [5, 5.41) is 109. The lowest BCUT2D eigenvalue weighted by Gasteiger charge is -2.15. The molecule has 3 aromatic heterocycles. The van der Waals surface area contributed by atoms with Gasteiger partial charge in [-0.1, -0.05) is 78.9 Å². The van der Waals surface area contributed by atoms with E-state index in [-0.39, 0.29) is 22.3 Å². The normalized spacial score (nSPS) is 12.8. The highest BCUT2D eigenvalue weighted by atomic mass is 16.4. The van der Waals surface area contributed by atoms with Gasteiger partial charge in [0.05, 0.1) is 33.2 Å². The van der Waals surface area contributed by atoms with Gasteiger partial charge < -0.3 is 60.0 Å². The molecule has 0 unspecified atom stereocenters. The molecule has 0 amide bonds. The molecule has 15 heteroatoms. The van der Waals surface area contributed by atoms with Crippen molar-refractivity contribution < 1.29 is 55.5 Å². The molecule has 0 fully saturated rings. The lowest BCUT2D eigenvalue weighted by atomic mass is 9.98. The first-order valence-corrected chi connectivity index (χ1v) is 20.5. The monoisotopic (exact) mass is 878 g/mol. The minimum Gasteiger partial charge on any atom is -0.504 e. The third kappa shape index (κ3) is 5.87. The van der Waals surface area contributed by atoms with Crippen LogP contribution in [0.3, 0.4) is 0 Å².